The lowest BCUT2D eigenvalue weighted by atomic mass is 10.1. The molecule has 0 aliphatic rings. The largest absolute Gasteiger partial charge is 0.383 e. The van der Waals surface area contributed by atoms with E-state index in [0.717, 1.165) is 27.6 Å². The lowest BCUT2D eigenvalue weighted by Crippen LogP contribution is -1.99. The van der Waals surface area contributed by atoms with Crippen LogP contribution in [0.4, 0.5) is 10.2 Å². The molecule has 2 aromatic carbocycles. The highest BCUT2D eigenvalue weighted by atomic mass is 19.1. The van der Waals surface area contributed by atoms with Crippen LogP contribution in [0.5, 0.6) is 0 Å². The van der Waals surface area contributed by atoms with Crippen LogP contribution >= 0.6 is 0 Å². The molecule has 0 aliphatic heterocycles. The highest BCUT2D eigenvalue weighted by molar-refractivity contribution is 5.90. The predicted molar refractivity (Wildman–Crippen MR) is 78.8 cm³/mol. The van der Waals surface area contributed by atoms with Gasteiger partial charge in [-0.05, 0) is 49.7 Å². The first kappa shape index (κ1) is 12.5. The molecule has 20 heavy (non-hydrogen) atoms. The monoisotopic (exact) mass is 267 g/mol. The van der Waals surface area contributed by atoms with Crippen LogP contribution in [-0.4, -0.2) is 9.97 Å². The molecule has 0 fully saturated rings. The number of halogens is 1. The van der Waals surface area contributed by atoms with Crippen molar-refractivity contribution in [3.63, 3.8) is 0 Å². The Kier molecular flexibility index (Phi) is 2.86. The van der Waals surface area contributed by atoms with Crippen molar-refractivity contribution in [2.24, 2.45) is 0 Å². The number of hydrogen-bond donors (Lipinski definition) is 1. The molecule has 0 amide bonds. The molecule has 4 heteroatoms. The lowest BCUT2D eigenvalue weighted by molar-refractivity contribution is 0.627. The molecule has 0 spiro atoms. The van der Waals surface area contributed by atoms with E-state index < -0.39 is 0 Å². The summed E-state index contributed by atoms with van der Waals surface area (Å²) in [4.78, 5) is 8.87. The second-order valence-corrected chi connectivity index (χ2v) is 4.91. The van der Waals surface area contributed by atoms with E-state index in [1.807, 2.05) is 32.0 Å². The van der Waals surface area contributed by atoms with Crippen molar-refractivity contribution in [1.82, 2.24) is 9.97 Å². The predicted octanol–water partition coefficient (Wildman–Crippen LogP) is 3.63. The van der Waals surface area contributed by atoms with E-state index in [0.29, 0.717) is 11.6 Å². The van der Waals surface area contributed by atoms with Gasteiger partial charge in [-0.25, -0.2) is 14.4 Å². The molecule has 1 aromatic heterocycles. The number of fused-ring (bicyclic) bond motifs is 1. The average molecular weight is 267 g/mol. The Hall–Kier alpha value is -2.49. The number of benzene rings is 2. The Labute approximate surface area is 116 Å². The lowest BCUT2D eigenvalue weighted by Gasteiger charge is -2.08. The van der Waals surface area contributed by atoms with Crippen LogP contribution in [0.15, 0.2) is 36.4 Å². The van der Waals surface area contributed by atoms with Crippen molar-refractivity contribution in [3.8, 4) is 11.4 Å². The molecule has 100 valence electrons. The smallest absolute Gasteiger partial charge is 0.162 e. The molecule has 0 unspecified atom stereocenters. The summed E-state index contributed by atoms with van der Waals surface area (Å²) >= 11 is 0. The van der Waals surface area contributed by atoms with Crippen molar-refractivity contribution in [2.75, 3.05) is 5.73 Å². The third kappa shape index (κ3) is 2.09. The van der Waals surface area contributed by atoms with Gasteiger partial charge in [0.05, 0.1) is 5.52 Å². The summed E-state index contributed by atoms with van der Waals surface area (Å²) in [7, 11) is 0. The van der Waals surface area contributed by atoms with E-state index in [-0.39, 0.29) is 5.82 Å². The zero-order chi connectivity index (χ0) is 14.3. The van der Waals surface area contributed by atoms with E-state index in [4.69, 9.17) is 5.73 Å². The first-order chi connectivity index (χ1) is 9.54. The van der Waals surface area contributed by atoms with Crippen molar-refractivity contribution in [1.29, 1.82) is 0 Å². The summed E-state index contributed by atoms with van der Waals surface area (Å²) in [6.45, 7) is 3.83. The van der Waals surface area contributed by atoms with Gasteiger partial charge in [-0.1, -0.05) is 11.6 Å². The third-order valence-electron chi connectivity index (χ3n) is 3.31. The van der Waals surface area contributed by atoms with Gasteiger partial charge in [0.1, 0.15) is 11.6 Å². The molecule has 3 aromatic rings. The van der Waals surface area contributed by atoms with E-state index in [9.17, 15) is 4.39 Å². The van der Waals surface area contributed by atoms with Crippen LogP contribution in [0.25, 0.3) is 22.3 Å². The minimum atomic E-state index is -0.268. The van der Waals surface area contributed by atoms with Gasteiger partial charge >= 0.3 is 0 Å². The van der Waals surface area contributed by atoms with Crippen molar-refractivity contribution in [3.05, 3.63) is 53.3 Å². The van der Waals surface area contributed by atoms with Gasteiger partial charge in [0, 0.05) is 10.9 Å². The highest BCUT2D eigenvalue weighted by Gasteiger charge is 2.10. The number of nitrogens with two attached hydrogens (primary N) is 1. The fourth-order valence-corrected chi connectivity index (χ4v) is 2.26. The second-order valence-electron chi connectivity index (χ2n) is 4.91. The Morgan fingerprint density at radius 2 is 1.80 bits per heavy atom. The van der Waals surface area contributed by atoms with Gasteiger partial charge in [-0.2, -0.15) is 0 Å². The molecule has 0 saturated carbocycles. The number of aryl methyl sites for hydroxylation is 2. The number of aromatic nitrogens is 2. The first-order valence-electron chi connectivity index (χ1n) is 6.35. The van der Waals surface area contributed by atoms with Crippen molar-refractivity contribution in [2.45, 2.75) is 13.8 Å². The Bertz CT molecular complexity index is 812. The summed E-state index contributed by atoms with van der Waals surface area (Å²) in [6.07, 6.45) is 0. The minimum Gasteiger partial charge on any atom is -0.383 e. The average Bonchev–Trinajstić information content (AvgIpc) is 2.39. The number of nitrogen functional groups attached to an aromatic ring is 1. The topological polar surface area (TPSA) is 51.8 Å². The summed E-state index contributed by atoms with van der Waals surface area (Å²) in [6, 6.07) is 10.4. The van der Waals surface area contributed by atoms with Crippen LogP contribution < -0.4 is 5.73 Å². The van der Waals surface area contributed by atoms with Gasteiger partial charge in [0.25, 0.3) is 0 Å². The van der Waals surface area contributed by atoms with Crippen LogP contribution in [0.3, 0.4) is 0 Å². The zero-order valence-corrected chi connectivity index (χ0v) is 11.3. The standard InChI is InChI=1S/C16H14FN3/c1-9-3-6-14-13(7-9)15(18)20-16(19-14)12-5-4-11(17)8-10(12)2/h3-8H,1-2H3,(H2,18,19,20). The van der Waals surface area contributed by atoms with E-state index in [1.54, 1.807) is 6.07 Å². The summed E-state index contributed by atoms with van der Waals surface area (Å²) in [5.41, 5.74) is 9.50. The van der Waals surface area contributed by atoms with E-state index >= 15 is 0 Å². The van der Waals surface area contributed by atoms with E-state index in [1.165, 1.54) is 12.1 Å². The molecule has 0 saturated heterocycles. The third-order valence-corrected chi connectivity index (χ3v) is 3.31. The molecular formula is C16H14FN3. The fraction of sp³-hybridized carbons (Fsp3) is 0.125. The quantitative estimate of drug-likeness (QED) is 0.732. The molecule has 0 atom stereocenters. The summed E-state index contributed by atoms with van der Waals surface area (Å²) < 4.78 is 13.2. The highest BCUT2D eigenvalue weighted by Crippen LogP contribution is 2.26. The number of anilines is 1. The van der Waals surface area contributed by atoms with Gasteiger partial charge in [0.15, 0.2) is 5.82 Å². The van der Waals surface area contributed by atoms with Crippen LogP contribution in [-0.2, 0) is 0 Å². The van der Waals surface area contributed by atoms with Crippen molar-refractivity contribution < 1.29 is 4.39 Å². The molecular weight excluding hydrogens is 253 g/mol. The Balaban J connectivity index is 2.24. The normalized spacial score (nSPS) is 10.9. The first-order valence-corrected chi connectivity index (χ1v) is 6.35. The molecule has 0 bridgehead atoms. The molecule has 0 aliphatic carbocycles. The number of nitrogens with zero attached hydrogens (tertiary/aromatic N) is 2. The second kappa shape index (κ2) is 4.56. The summed E-state index contributed by atoms with van der Waals surface area (Å²) in [5, 5.41) is 0.841. The maximum atomic E-state index is 13.2. The number of rotatable bonds is 1. The van der Waals surface area contributed by atoms with Crippen molar-refractivity contribution >= 4 is 16.7 Å². The molecule has 0 radical (unpaired) electrons. The van der Waals surface area contributed by atoms with Crippen LogP contribution in [0.2, 0.25) is 0 Å². The van der Waals surface area contributed by atoms with Gasteiger partial charge in [0.2, 0.25) is 0 Å². The zero-order valence-electron chi connectivity index (χ0n) is 11.3. The Morgan fingerprint density at radius 3 is 2.55 bits per heavy atom. The molecule has 3 rings (SSSR count). The molecule has 1 heterocycles. The van der Waals surface area contributed by atoms with Gasteiger partial charge < -0.3 is 5.73 Å². The SMILES string of the molecule is Cc1ccc2nc(-c3ccc(F)cc3C)nc(N)c2c1. The van der Waals surface area contributed by atoms with Crippen LogP contribution in [0.1, 0.15) is 11.1 Å². The van der Waals surface area contributed by atoms with Gasteiger partial charge in [-0.3, -0.25) is 0 Å². The minimum absolute atomic E-state index is 0.268. The Morgan fingerprint density at radius 1 is 1.00 bits per heavy atom. The molecule has 2 N–H and O–H groups in total. The fourth-order valence-electron chi connectivity index (χ4n) is 2.26. The summed E-state index contributed by atoms with van der Waals surface area (Å²) in [5.74, 6) is 0.699. The van der Waals surface area contributed by atoms with E-state index in [2.05, 4.69) is 9.97 Å². The molecule has 3 nitrogen and oxygen atoms in total. The maximum absolute atomic E-state index is 13.2. The van der Waals surface area contributed by atoms with Crippen LogP contribution in [0, 0.1) is 19.7 Å². The van der Waals surface area contributed by atoms with Gasteiger partial charge in [-0.15, -0.1) is 0 Å². The number of hydrogen-bond acceptors (Lipinski definition) is 3. The maximum Gasteiger partial charge on any atom is 0.162 e.